The fourth-order valence-corrected chi connectivity index (χ4v) is 3.20. The van der Waals surface area contributed by atoms with Gasteiger partial charge in [-0.3, -0.25) is 0 Å². The predicted molar refractivity (Wildman–Crippen MR) is 93.1 cm³/mol. The molecule has 0 saturated heterocycles. The molecule has 2 unspecified atom stereocenters. The van der Waals surface area contributed by atoms with E-state index in [0.717, 1.165) is 0 Å². The van der Waals surface area contributed by atoms with Crippen LogP contribution in [0.3, 0.4) is 0 Å². The Morgan fingerprint density at radius 2 is 1.29 bits per heavy atom. The molecule has 0 fully saturated rings. The number of halogens is 1. The predicted octanol–water partition coefficient (Wildman–Crippen LogP) is 6.50. The van der Waals surface area contributed by atoms with Crippen LogP contribution >= 0.6 is 11.6 Å². The van der Waals surface area contributed by atoms with Gasteiger partial charge in [-0.2, -0.15) is 0 Å². The summed E-state index contributed by atoms with van der Waals surface area (Å²) in [6.07, 6.45) is 3.60. The molecule has 0 aliphatic heterocycles. The Labute approximate surface area is 134 Å². The topological polar surface area (TPSA) is 0 Å². The zero-order valence-corrected chi connectivity index (χ0v) is 13.8. The zero-order chi connectivity index (χ0) is 15.1. The van der Waals surface area contributed by atoms with Crippen molar-refractivity contribution in [3.8, 4) is 0 Å². The van der Waals surface area contributed by atoms with Crippen molar-refractivity contribution in [2.75, 3.05) is 0 Å². The zero-order valence-electron chi connectivity index (χ0n) is 13.1. The molecular formula is C20H25Cl. The summed E-state index contributed by atoms with van der Waals surface area (Å²) >= 11 is 5.88. The van der Waals surface area contributed by atoms with Crippen molar-refractivity contribution in [2.45, 2.75) is 50.8 Å². The van der Waals surface area contributed by atoms with Crippen molar-refractivity contribution in [1.82, 2.24) is 0 Å². The van der Waals surface area contributed by atoms with Crippen molar-refractivity contribution in [2.24, 2.45) is 0 Å². The van der Waals surface area contributed by atoms with E-state index in [2.05, 4.69) is 68.4 Å². The minimum absolute atomic E-state index is 0.596. The van der Waals surface area contributed by atoms with Gasteiger partial charge in [0, 0.05) is 5.88 Å². The van der Waals surface area contributed by atoms with Crippen molar-refractivity contribution in [3.05, 3.63) is 71.3 Å². The van der Waals surface area contributed by atoms with Gasteiger partial charge in [0.05, 0.1) is 0 Å². The largest absolute Gasteiger partial charge is 0.122 e. The van der Waals surface area contributed by atoms with Crippen LogP contribution in [0.15, 0.2) is 54.6 Å². The van der Waals surface area contributed by atoms with E-state index < -0.39 is 0 Å². The van der Waals surface area contributed by atoms with Gasteiger partial charge in [-0.15, -0.1) is 11.6 Å². The Bertz CT molecular complexity index is 515. The maximum atomic E-state index is 5.88. The summed E-state index contributed by atoms with van der Waals surface area (Å²) in [6, 6.07) is 19.7. The Balaban J connectivity index is 2.13. The molecule has 0 bridgehead atoms. The number of hydrogen-bond acceptors (Lipinski definition) is 0. The molecule has 0 aromatic heterocycles. The molecule has 2 rings (SSSR count). The summed E-state index contributed by atoms with van der Waals surface area (Å²) in [5.41, 5.74) is 4.11. The van der Waals surface area contributed by atoms with E-state index >= 15 is 0 Å². The van der Waals surface area contributed by atoms with Gasteiger partial charge in [0.1, 0.15) is 0 Å². The second-order valence-corrected chi connectivity index (χ2v) is 6.00. The Morgan fingerprint density at radius 3 is 1.76 bits per heavy atom. The molecule has 0 heterocycles. The Hall–Kier alpha value is -1.27. The molecule has 0 nitrogen and oxygen atoms in total. The van der Waals surface area contributed by atoms with Crippen LogP contribution in [0.25, 0.3) is 0 Å². The second-order valence-electron chi connectivity index (χ2n) is 5.73. The first-order chi connectivity index (χ1) is 10.3. The minimum Gasteiger partial charge on any atom is -0.122 e. The minimum atomic E-state index is 0.596. The average Bonchev–Trinajstić information content (AvgIpc) is 2.57. The van der Waals surface area contributed by atoms with Crippen LogP contribution in [0.1, 0.15) is 61.6 Å². The molecule has 1 heteroatoms. The van der Waals surface area contributed by atoms with Gasteiger partial charge in [0.2, 0.25) is 0 Å². The molecule has 0 amide bonds. The van der Waals surface area contributed by atoms with Crippen LogP contribution in [0.4, 0.5) is 0 Å². The maximum absolute atomic E-state index is 5.88. The molecule has 2 atom stereocenters. The second kappa shape index (κ2) is 8.24. The summed E-state index contributed by atoms with van der Waals surface area (Å²) in [5, 5.41) is 0. The lowest BCUT2D eigenvalue weighted by Gasteiger charge is -2.23. The van der Waals surface area contributed by atoms with E-state index in [1.807, 2.05) is 0 Å². The third-order valence-corrected chi connectivity index (χ3v) is 4.74. The van der Waals surface area contributed by atoms with Crippen molar-refractivity contribution in [1.29, 1.82) is 0 Å². The highest BCUT2D eigenvalue weighted by atomic mass is 35.5. The molecule has 0 N–H and O–H groups in total. The summed E-state index contributed by atoms with van der Waals surface area (Å²) in [6.45, 7) is 4.58. The van der Waals surface area contributed by atoms with Gasteiger partial charge < -0.3 is 0 Å². The lowest BCUT2D eigenvalue weighted by Crippen LogP contribution is -2.06. The average molecular weight is 301 g/mol. The van der Waals surface area contributed by atoms with E-state index in [4.69, 9.17) is 11.6 Å². The van der Waals surface area contributed by atoms with Gasteiger partial charge >= 0.3 is 0 Å². The fraction of sp³-hybridized carbons (Fsp3) is 0.400. The van der Waals surface area contributed by atoms with Crippen molar-refractivity contribution < 1.29 is 0 Å². The smallest absolute Gasteiger partial charge is 0.0474 e. The van der Waals surface area contributed by atoms with E-state index in [1.54, 1.807) is 0 Å². The third kappa shape index (κ3) is 4.35. The van der Waals surface area contributed by atoms with Crippen LogP contribution in [0, 0.1) is 0 Å². The van der Waals surface area contributed by atoms with Crippen LogP contribution in [-0.4, -0.2) is 0 Å². The molecule has 21 heavy (non-hydrogen) atoms. The Morgan fingerprint density at radius 1 is 0.762 bits per heavy atom. The van der Waals surface area contributed by atoms with Gasteiger partial charge in [-0.05, 0) is 47.8 Å². The lowest BCUT2D eigenvalue weighted by molar-refractivity contribution is 0.509. The molecule has 0 spiro atoms. The highest BCUT2D eigenvalue weighted by molar-refractivity contribution is 6.17. The third-order valence-electron chi connectivity index (χ3n) is 4.43. The van der Waals surface area contributed by atoms with E-state index in [1.165, 1.54) is 36.0 Å². The maximum Gasteiger partial charge on any atom is 0.0474 e. The monoisotopic (exact) mass is 300 g/mol. The van der Waals surface area contributed by atoms with Gasteiger partial charge in [0.25, 0.3) is 0 Å². The first-order valence-corrected chi connectivity index (χ1v) is 8.51. The van der Waals surface area contributed by atoms with E-state index in [-0.39, 0.29) is 0 Å². The van der Waals surface area contributed by atoms with Gasteiger partial charge in [-0.1, -0.05) is 68.4 Å². The number of rotatable bonds is 7. The first kappa shape index (κ1) is 16.1. The van der Waals surface area contributed by atoms with Crippen LogP contribution in [0.2, 0.25) is 0 Å². The highest BCUT2D eigenvalue weighted by Gasteiger charge is 2.17. The van der Waals surface area contributed by atoms with E-state index in [0.29, 0.717) is 17.7 Å². The summed E-state index contributed by atoms with van der Waals surface area (Å²) in [4.78, 5) is 0. The number of alkyl halides is 1. The van der Waals surface area contributed by atoms with E-state index in [9.17, 15) is 0 Å². The standard InChI is InChI=1S/C20H25Cl/c1-3-17(19-8-6-5-7-9-19)14-18(4-2)20-12-10-16(15-21)11-13-20/h5-13,17-18H,3-4,14-15H2,1-2H3. The van der Waals surface area contributed by atoms with Crippen molar-refractivity contribution >= 4 is 11.6 Å². The number of benzene rings is 2. The Kier molecular flexibility index (Phi) is 6.32. The summed E-state index contributed by atoms with van der Waals surface area (Å²) in [5.74, 6) is 1.86. The first-order valence-electron chi connectivity index (χ1n) is 7.98. The molecule has 2 aromatic carbocycles. The van der Waals surface area contributed by atoms with Crippen LogP contribution in [0.5, 0.6) is 0 Å². The van der Waals surface area contributed by atoms with Gasteiger partial charge in [0.15, 0.2) is 0 Å². The molecule has 0 radical (unpaired) electrons. The highest BCUT2D eigenvalue weighted by Crippen LogP contribution is 2.34. The van der Waals surface area contributed by atoms with Gasteiger partial charge in [-0.25, -0.2) is 0 Å². The quantitative estimate of drug-likeness (QED) is 0.512. The number of hydrogen-bond donors (Lipinski definition) is 0. The molecule has 112 valence electrons. The normalized spacial score (nSPS) is 13.9. The molecule has 0 aliphatic rings. The molecule has 2 aromatic rings. The lowest BCUT2D eigenvalue weighted by atomic mass is 9.82. The summed E-state index contributed by atoms with van der Waals surface area (Å²) < 4.78 is 0. The van der Waals surface area contributed by atoms with Crippen LogP contribution in [-0.2, 0) is 5.88 Å². The molecule has 0 saturated carbocycles. The van der Waals surface area contributed by atoms with Crippen molar-refractivity contribution in [3.63, 3.8) is 0 Å². The van der Waals surface area contributed by atoms with Crippen LogP contribution < -0.4 is 0 Å². The SMILES string of the molecule is CCC(CC(CC)c1ccc(CCl)cc1)c1ccccc1. The molecule has 0 aliphatic carbocycles. The summed E-state index contributed by atoms with van der Waals surface area (Å²) in [7, 11) is 0. The fourth-order valence-electron chi connectivity index (χ4n) is 3.02. The molecular weight excluding hydrogens is 276 g/mol.